The highest BCUT2D eigenvalue weighted by atomic mass is 16.6. The van der Waals surface area contributed by atoms with E-state index in [4.69, 9.17) is 4.74 Å². The predicted molar refractivity (Wildman–Crippen MR) is 37.5 cm³/mol. The molecule has 0 spiro atoms. The second kappa shape index (κ2) is 2.90. The summed E-state index contributed by atoms with van der Waals surface area (Å²) in [5.74, 6) is -0.522. The van der Waals surface area contributed by atoms with Crippen LogP contribution in [-0.2, 0) is 14.3 Å². The Balaban J connectivity index is 2.38. The van der Waals surface area contributed by atoms with E-state index in [9.17, 15) is 9.59 Å². The Labute approximate surface area is 64.9 Å². The van der Waals surface area contributed by atoms with Gasteiger partial charge in [-0.15, -0.1) is 0 Å². The fourth-order valence-corrected chi connectivity index (χ4v) is 1.08. The first-order valence-corrected chi connectivity index (χ1v) is 3.62. The minimum atomic E-state index is -0.384. The lowest BCUT2D eigenvalue weighted by molar-refractivity contribution is -0.167. The normalized spacial score (nSPS) is 28.7. The van der Waals surface area contributed by atoms with E-state index in [0.717, 1.165) is 0 Å². The average molecular weight is 157 g/mol. The van der Waals surface area contributed by atoms with Crippen molar-refractivity contribution in [2.45, 2.75) is 26.5 Å². The summed E-state index contributed by atoms with van der Waals surface area (Å²) in [4.78, 5) is 21.2. The quantitative estimate of drug-likeness (QED) is 0.454. The van der Waals surface area contributed by atoms with Crippen LogP contribution in [-0.4, -0.2) is 18.1 Å². The molecular weight excluding hydrogens is 146 g/mol. The highest BCUT2D eigenvalue weighted by molar-refractivity contribution is 5.86. The van der Waals surface area contributed by atoms with Crippen molar-refractivity contribution in [2.75, 3.05) is 0 Å². The van der Waals surface area contributed by atoms with Crippen molar-refractivity contribution in [1.82, 2.24) is 5.32 Å². The Hall–Kier alpha value is -1.06. The number of β-lactam (4-membered cyclic amide) rings is 1. The predicted octanol–water partition coefficient (Wildman–Crippen LogP) is 0.0316. The van der Waals surface area contributed by atoms with E-state index >= 15 is 0 Å². The number of carbonyl (C=O) groups excluding carboxylic acids is 2. The molecule has 4 heteroatoms. The summed E-state index contributed by atoms with van der Waals surface area (Å²) >= 11 is 0. The summed E-state index contributed by atoms with van der Waals surface area (Å²) in [6, 6.07) is 0. The Kier molecular flexibility index (Phi) is 2.12. The molecule has 11 heavy (non-hydrogen) atoms. The van der Waals surface area contributed by atoms with Crippen LogP contribution in [0.2, 0.25) is 0 Å². The highest BCUT2D eigenvalue weighted by Gasteiger charge is 2.39. The lowest BCUT2D eigenvalue weighted by atomic mass is 9.96. The number of hydrogen-bond acceptors (Lipinski definition) is 3. The molecule has 0 aromatic rings. The van der Waals surface area contributed by atoms with Crippen LogP contribution in [0.25, 0.3) is 0 Å². The van der Waals surface area contributed by atoms with Crippen molar-refractivity contribution in [3.63, 3.8) is 0 Å². The first kappa shape index (κ1) is 8.04. The van der Waals surface area contributed by atoms with Gasteiger partial charge in [-0.25, -0.2) is 0 Å². The average Bonchev–Trinajstić information content (AvgIpc) is 1.86. The molecular formula is C7H11NO3. The van der Waals surface area contributed by atoms with Gasteiger partial charge in [0.1, 0.15) is 0 Å². The van der Waals surface area contributed by atoms with Gasteiger partial charge in [-0.1, -0.05) is 6.92 Å². The van der Waals surface area contributed by atoms with E-state index in [-0.39, 0.29) is 24.0 Å². The number of esters is 1. The Morgan fingerprint density at radius 3 is 2.73 bits per heavy atom. The van der Waals surface area contributed by atoms with Crippen LogP contribution in [0.3, 0.4) is 0 Å². The van der Waals surface area contributed by atoms with Crippen LogP contribution < -0.4 is 5.32 Å². The van der Waals surface area contributed by atoms with Crippen molar-refractivity contribution < 1.29 is 14.3 Å². The van der Waals surface area contributed by atoms with E-state index in [1.54, 1.807) is 0 Å². The molecule has 0 saturated carbocycles. The number of rotatable bonds is 2. The molecule has 1 heterocycles. The molecule has 1 unspecified atom stereocenters. The van der Waals surface area contributed by atoms with E-state index in [1.165, 1.54) is 6.92 Å². The molecule has 0 bridgehead atoms. The molecule has 1 aliphatic heterocycles. The minimum absolute atomic E-state index is 0.0289. The summed E-state index contributed by atoms with van der Waals surface area (Å²) < 4.78 is 4.79. The van der Waals surface area contributed by atoms with Crippen LogP contribution >= 0.6 is 0 Å². The number of ether oxygens (including phenoxy) is 1. The molecule has 4 nitrogen and oxygen atoms in total. The molecule has 0 aromatic carbocycles. The van der Waals surface area contributed by atoms with Gasteiger partial charge in [0.05, 0.1) is 5.92 Å². The van der Waals surface area contributed by atoms with Crippen molar-refractivity contribution >= 4 is 11.9 Å². The largest absolute Gasteiger partial charge is 0.441 e. The molecule has 1 N–H and O–H groups in total. The van der Waals surface area contributed by atoms with Gasteiger partial charge in [-0.2, -0.15) is 0 Å². The monoisotopic (exact) mass is 157 g/mol. The van der Waals surface area contributed by atoms with Crippen molar-refractivity contribution in [3.8, 4) is 0 Å². The van der Waals surface area contributed by atoms with Gasteiger partial charge in [-0.05, 0) is 6.42 Å². The zero-order valence-corrected chi connectivity index (χ0v) is 6.59. The fraction of sp³-hybridized carbons (Fsp3) is 0.714. The standard InChI is InChI=1S/C7H11NO3/c1-3-5-6(10)8-7(5)11-4(2)9/h5,7H,3H2,1-2H3,(H,8,10)/t5-,7?/m0/s1. The molecule has 1 saturated heterocycles. The first-order valence-electron chi connectivity index (χ1n) is 3.62. The van der Waals surface area contributed by atoms with E-state index in [1.807, 2.05) is 6.92 Å². The topological polar surface area (TPSA) is 55.4 Å². The molecule has 0 radical (unpaired) electrons. The second-order valence-corrected chi connectivity index (χ2v) is 2.55. The summed E-state index contributed by atoms with van der Waals surface area (Å²) in [5.41, 5.74) is 0. The zero-order valence-electron chi connectivity index (χ0n) is 6.59. The van der Waals surface area contributed by atoms with Gasteiger partial charge in [0.2, 0.25) is 5.91 Å². The van der Waals surface area contributed by atoms with E-state index in [2.05, 4.69) is 5.32 Å². The van der Waals surface area contributed by atoms with Crippen molar-refractivity contribution in [1.29, 1.82) is 0 Å². The van der Waals surface area contributed by atoms with Gasteiger partial charge in [0, 0.05) is 6.92 Å². The number of amides is 1. The maximum Gasteiger partial charge on any atom is 0.304 e. The van der Waals surface area contributed by atoms with Crippen LogP contribution in [0.4, 0.5) is 0 Å². The van der Waals surface area contributed by atoms with E-state index < -0.39 is 0 Å². The third-order valence-electron chi connectivity index (χ3n) is 1.72. The third-order valence-corrected chi connectivity index (χ3v) is 1.72. The highest BCUT2D eigenvalue weighted by Crippen LogP contribution is 2.19. The fourth-order valence-electron chi connectivity index (χ4n) is 1.08. The lowest BCUT2D eigenvalue weighted by Crippen LogP contribution is -2.59. The molecule has 62 valence electrons. The summed E-state index contributed by atoms with van der Waals surface area (Å²) in [6.45, 7) is 3.22. The Morgan fingerprint density at radius 1 is 1.73 bits per heavy atom. The zero-order chi connectivity index (χ0) is 8.43. The SMILES string of the molecule is CC[C@H]1C(=O)NC1OC(C)=O. The van der Waals surface area contributed by atoms with Crippen molar-refractivity contribution in [2.24, 2.45) is 5.92 Å². The minimum Gasteiger partial charge on any atom is -0.441 e. The Bertz CT molecular complexity index is 190. The lowest BCUT2D eigenvalue weighted by Gasteiger charge is -2.34. The summed E-state index contributed by atoms with van der Waals surface area (Å²) in [7, 11) is 0. The molecule has 0 aromatic heterocycles. The van der Waals surface area contributed by atoms with Gasteiger partial charge >= 0.3 is 5.97 Å². The van der Waals surface area contributed by atoms with Gasteiger partial charge in [0.15, 0.2) is 6.23 Å². The molecule has 2 atom stereocenters. The summed E-state index contributed by atoms with van der Waals surface area (Å²) in [6.07, 6.45) is 0.328. The van der Waals surface area contributed by atoms with E-state index in [0.29, 0.717) is 6.42 Å². The first-order chi connectivity index (χ1) is 5.15. The van der Waals surface area contributed by atoms with Crippen LogP contribution in [0.15, 0.2) is 0 Å². The Morgan fingerprint density at radius 2 is 2.36 bits per heavy atom. The molecule has 1 aliphatic rings. The molecule has 1 rings (SSSR count). The van der Waals surface area contributed by atoms with Crippen molar-refractivity contribution in [3.05, 3.63) is 0 Å². The van der Waals surface area contributed by atoms with Crippen LogP contribution in [0.1, 0.15) is 20.3 Å². The molecule has 1 amide bonds. The molecule has 0 aliphatic carbocycles. The second-order valence-electron chi connectivity index (χ2n) is 2.55. The van der Waals surface area contributed by atoms with Crippen LogP contribution in [0, 0.1) is 5.92 Å². The molecule has 1 fully saturated rings. The van der Waals surface area contributed by atoms with Crippen LogP contribution in [0.5, 0.6) is 0 Å². The van der Waals surface area contributed by atoms with Gasteiger partial charge in [-0.3, -0.25) is 9.59 Å². The van der Waals surface area contributed by atoms with Gasteiger partial charge in [0.25, 0.3) is 0 Å². The smallest absolute Gasteiger partial charge is 0.304 e. The number of nitrogens with one attached hydrogen (secondary N) is 1. The van der Waals surface area contributed by atoms with Gasteiger partial charge < -0.3 is 10.1 Å². The third kappa shape index (κ3) is 1.50. The number of carbonyl (C=O) groups is 2. The number of hydrogen-bond donors (Lipinski definition) is 1. The maximum atomic E-state index is 10.8. The maximum absolute atomic E-state index is 10.8. The summed E-state index contributed by atoms with van der Waals surface area (Å²) in [5, 5.41) is 2.49.